The van der Waals surface area contributed by atoms with Crippen molar-refractivity contribution in [3.63, 3.8) is 0 Å². The molecule has 6 heteroatoms. The van der Waals surface area contributed by atoms with E-state index in [4.69, 9.17) is 19.0 Å². The molecule has 1 aliphatic rings. The molecule has 0 bridgehead atoms. The van der Waals surface area contributed by atoms with E-state index in [9.17, 15) is 4.79 Å². The zero-order valence-electron chi connectivity index (χ0n) is 11.2. The molecule has 2 aromatic rings. The van der Waals surface area contributed by atoms with E-state index in [1.54, 1.807) is 6.07 Å². The van der Waals surface area contributed by atoms with Crippen molar-refractivity contribution >= 4 is 5.97 Å². The van der Waals surface area contributed by atoms with Crippen LogP contribution in [0.5, 0.6) is 11.5 Å². The number of furan rings is 1. The highest BCUT2D eigenvalue weighted by Gasteiger charge is 2.20. The van der Waals surface area contributed by atoms with E-state index in [1.165, 1.54) is 6.07 Å². The molecule has 1 aromatic heterocycles. The largest absolute Gasteiger partial charge is 0.486 e. The number of hydrogen-bond acceptors (Lipinski definition) is 5. The lowest BCUT2D eigenvalue weighted by atomic mass is 10.2. The van der Waals surface area contributed by atoms with Crippen molar-refractivity contribution in [2.24, 2.45) is 0 Å². The number of hydrogen-bond donors (Lipinski definition) is 2. The normalized spacial score (nSPS) is 16.7. The third-order valence-corrected chi connectivity index (χ3v) is 3.11. The minimum atomic E-state index is -1.07. The molecule has 0 amide bonds. The van der Waals surface area contributed by atoms with E-state index in [0.717, 1.165) is 11.5 Å². The van der Waals surface area contributed by atoms with Crippen LogP contribution in [0.15, 0.2) is 40.8 Å². The molecule has 110 valence electrons. The lowest BCUT2D eigenvalue weighted by molar-refractivity contribution is 0.0659. The molecule has 2 N–H and O–H groups in total. The zero-order valence-corrected chi connectivity index (χ0v) is 11.2. The first-order valence-electron chi connectivity index (χ1n) is 6.63. The van der Waals surface area contributed by atoms with Gasteiger partial charge in [0.05, 0.1) is 6.54 Å². The van der Waals surface area contributed by atoms with Crippen LogP contribution < -0.4 is 14.8 Å². The van der Waals surface area contributed by atoms with Gasteiger partial charge in [-0.15, -0.1) is 0 Å². The van der Waals surface area contributed by atoms with Gasteiger partial charge in [0, 0.05) is 6.54 Å². The predicted molar refractivity (Wildman–Crippen MR) is 73.7 cm³/mol. The van der Waals surface area contributed by atoms with Crippen molar-refractivity contribution in [1.29, 1.82) is 0 Å². The van der Waals surface area contributed by atoms with Gasteiger partial charge in [-0.05, 0) is 24.3 Å². The lowest BCUT2D eigenvalue weighted by Gasteiger charge is -2.26. The molecule has 0 aliphatic carbocycles. The molecule has 2 heterocycles. The maximum Gasteiger partial charge on any atom is 0.371 e. The van der Waals surface area contributed by atoms with Gasteiger partial charge in [-0.1, -0.05) is 12.1 Å². The zero-order chi connectivity index (χ0) is 14.7. The number of aromatic carboxylic acids is 1. The number of carbonyl (C=O) groups is 1. The van der Waals surface area contributed by atoms with Gasteiger partial charge >= 0.3 is 5.97 Å². The Morgan fingerprint density at radius 2 is 2.05 bits per heavy atom. The highest BCUT2D eigenvalue weighted by molar-refractivity contribution is 5.84. The van der Waals surface area contributed by atoms with Crippen LogP contribution in [-0.4, -0.2) is 30.3 Å². The average molecular weight is 289 g/mol. The molecule has 0 saturated carbocycles. The van der Waals surface area contributed by atoms with Crippen LogP contribution in [0.25, 0.3) is 0 Å². The Hall–Kier alpha value is -2.47. The van der Waals surface area contributed by atoms with Crippen molar-refractivity contribution in [1.82, 2.24) is 5.32 Å². The summed E-state index contributed by atoms with van der Waals surface area (Å²) in [6, 6.07) is 10.6. The molecule has 0 radical (unpaired) electrons. The minimum absolute atomic E-state index is 0.0574. The summed E-state index contributed by atoms with van der Waals surface area (Å²) in [7, 11) is 0. The highest BCUT2D eigenvalue weighted by atomic mass is 16.6. The third-order valence-electron chi connectivity index (χ3n) is 3.11. The van der Waals surface area contributed by atoms with E-state index in [2.05, 4.69) is 5.32 Å². The van der Waals surface area contributed by atoms with E-state index in [1.807, 2.05) is 24.3 Å². The second-order valence-electron chi connectivity index (χ2n) is 4.70. The predicted octanol–water partition coefficient (Wildman–Crippen LogP) is 1.91. The molecule has 0 saturated heterocycles. The van der Waals surface area contributed by atoms with Crippen LogP contribution in [0.1, 0.15) is 16.3 Å². The molecule has 0 fully saturated rings. The van der Waals surface area contributed by atoms with Crippen molar-refractivity contribution < 1.29 is 23.8 Å². The van der Waals surface area contributed by atoms with Gasteiger partial charge in [0.1, 0.15) is 18.5 Å². The number of fused-ring (bicyclic) bond motifs is 1. The highest BCUT2D eigenvalue weighted by Crippen LogP contribution is 2.30. The molecule has 0 spiro atoms. The SMILES string of the molecule is O=C(O)c1ccc(CNCC2COc3ccccc3O2)o1. The molecule has 1 atom stereocenters. The van der Waals surface area contributed by atoms with Crippen LogP contribution in [0.2, 0.25) is 0 Å². The number of para-hydroxylation sites is 2. The molecule has 1 unspecified atom stereocenters. The Labute approximate surface area is 121 Å². The lowest BCUT2D eigenvalue weighted by Crippen LogP contribution is -2.38. The number of benzene rings is 1. The van der Waals surface area contributed by atoms with E-state index < -0.39 is 5.97 Å². The van der Waals surface area contributed by atoms with E-state index in [0.29, 0.717) is 25.5 Å². The molecule has 1 aliphatic heterocycles. The topological polar surface area (TPSA) is 80.9 Å². The standard InChI is InChI=1S/C15H15NO5/c17-15(18)14-6-5-10(20-14)7-16-8-11-9-19-12-3-1-2-4-13(12)21-11/h1-6,11,16H,7-9H2,(H,17,18). The van der Waals surface area contributed by atoms with Gasteiger partial charge in [0.25, 0.3) is 0 Å². The smallest absolute Gasteiger partial charge is 0.371 e. The summed E-state index contributed by atoms with van der Waals surface area (Å²) in [6.07, 6.45) is -0.0891. The summed E-state index contributed by atoms with van der Waals surface area (Å²) >= 11 is 0. The Morgan fingerprint density at radius 1 is 1.24 bits per heavy atom. The minimum Gasteiger partial charge on any atom is -0.486 e. The molecular formula is C15H15NO5. The Bertz CT molecular complexity index is 636. The van der Waals surface area contributed by atoms with Crippen LogP contribution in [0.4, 0.5) is 0 Å². The van der Waals surface area contributed by atoms with Gasteiger partial charge in [-0.2, -0.15) is 0 Å². The summed E-state index contributed by atoms with van der Waals surface area (Å²) in [6.45, 7) is 1.49. The first-order valence-corrected chi connectivity index (χ1v) is 6.63. The van der Waals surface area contributed by atoms with Crippen LogP contribution in [0, 0.1) is 0 Å². The maximum absolute atomic E-state index is 10.7. The average Bonchev–Trinajstić information content (AvgIpc) is 2.96. The molecular weight excluding hydrogens is 274 g/mol. The van der Waals surface area contributed by atoms with Gasteiger partial charge in [-0.25, -0.2) is 4.79 Å². The summed E-state index contributed by atoms with van der Waals surface area (Å²) in [4.78, 5) is 10.7. The van der Waals surface area contributed by atoms with Crippen molar-refractivity contribution in [2.45, 2.75) is 12.6 Å². The van der Waals surface area contributed by atoms with Crippen LogP contribution in [-0.2, 0) is 6.54 Å². The fourth-order valence-electron chi connectivity index (χ4n) is 2.11. The molecule has 21 heavy (non-hydrogen) atoms. The fourth-order valence-corrected chi connectivity index (χ4v) is 2.11. The summed E-state index contributed by atoms with van der Waals surface area (Å²) in [5.41, 5.74) is 0. The van der Waals surface area contributed by atoms with Crippen LogP contribution >= 0.6 is 0 Å². The Kier molecular flexibility index (Phi) is 3.79. The van der Waals surface area contributed by atoms with Gasteiger partial charge in [0.15, 0.2) is 11.5 Å². The molecule has 1 aromatic carbocycles. The first-order chi connectivity index (χ1) is 10.2. The second-order valence-corrected chi connectivity index (χ2v) is 4.70. The van der Waals surface area contributed by atoms with Gasteiger partial charge in [0.2, 0.25) is 5.76 Å². The summed E-state index contributed by atoms with van der Waals surface area (Å²) in [5.74, 6) is 0.942. The first kappa shape index (κ1) is 13.5. The van der Waals surface area contributed by atoms with E-state index >= 15 is 0 Å². The quantitative estimate of drug-likeness (QED) is 0.875. The van der Waals surface area contributed by atoms with Crippen molar-refractivity contribution in [3.05, 3.63) is 47.9 Å². The fraction of sp³-hybridized carbons (Fsp3) is 0.267. The summed E-state index contributed by atoms with van der Waals surface area (Å²) in [5, 5.41) is 11.9. The Balaban J connectivity index is 1.49. The number of nitrogens with one attached hydrogen (secondary N) is 1. The Morgan fingerprint density at radius 3 is 2.81 bits per heavy atom. The number of rotatable bonds is 5. The number of carboxylic acids is 1. The molecule has 6 nitrogen and oxygen atoms in total. The van der Waals surface area contributed by atoms with Gasteiger partial charge < -0.3 is 24.3 Å². The van der Waals surface area contributed by atoms with Crippen molar-refractivity contribution in [3.8, 4) is 11.5 Å². The second kappa shape index (κ2) is 5.88. The number of ether oxygens (including phenoxy) is 2. The number of carboxylic acid groups (broad SMARTS) is 1. The van der Waals surface area contributed by atoms with Crippen LogP contribution in [0.3, 0.4) is 0 Å². The third kappa shape index (κ3) is 3.17. The van der Waals surface area contributed by atoms with E-state index in [-0.39, 0.29) is 11.9 Å². The monoisotopic (exact) mass is 289 g/mol. The van der Waals surface area contributed by atoms with Crippen molar-refractivity contribution in [2.75, 3.05) is 13.2 Å². The maximum atomic E-state index is 10.7. The molecule has 3 rings (SSSR count). The van der Waals surface area contributed by atoms with Gasteiger partial charge in [-0.3, -0.25) is 0 Å². The summed E-state index contributed by atoms with van der Waals surface area (Å²) < 4.78 is 16.6.